The van der Waals surface area contributed by atoms with E-state index < -0.39 is 30.0 Å². The lowest BCUT2D eigenvalue weighted by molar-refractivity contribution is -0.360. The monoisotopic (exact) mass is 483 g/mol. The van der Waals surface area contributed by atoms with E-state index in [1.165, 1.54) is 12.4 Å². The van der Waals surface area contributed by atoms with Crippen LogP contribution < -0.4 is 15.0 Å². The molecule has 1 fully saturated rings. The Labute approximate surface area is 189 Å². The van der Waals surface area contributed by atoms with E-state index in [0.29, 0.717) is 36.6 Å². The summed E-state index contributed by atoms with van der Waals surface area (Å²) >= 11 is 0. The number of halogens is 5. The van der Waals surface area contributed by atoms with Gasteiger partial charge in [-0.25, -0.2) is 4.98 Å². The van der Waals surface area contributed by atoms with Crippen molar-refractivity contribution in [3.8, 4) is 17.0 Å². The number of amides is 1. The molecule has 0 bridgehead atoms. The summed E-state index contributed by atoms with van der Waals surface area (Å²) in [5, 5.41) is 19.1. The summed E-state index contributed by atoms with van der Waals surface area (Å²) < 4.78 is 66.6. The molecule has 3 N–H and O–H groups in total. The third kappa shape index (κ3) is 4.93. The largest absolute Gasteiger partial charge is 0.499 e. The Morgan fingerprint density at radius 2 is 1.91 bits per heavy atom. The van der Waals surface area contributed by atoms with Crippen molar-refractivity contribution in [2.45, 2.75) is 24.8 Å². The highest BCUT2D eigenvalue weighted by molar-refractivity contribution is 6.05. The van der Waals surface area contributed by atoms with Gasteiger partial charge in [0.1, 0.15) is 11.6 Å². The first-order valence-corrected chi connectivity index (χ1v) is 10.0. The summed E-state index contributed by atoms with van der Waals surface area (Å²) in [5.41, 5.74) is 1.49. The topological polar surface area (TPSA) is 103 Å². The van der Waals surface area contributed by atoms with Gasteiger partial charge in [0, 0.05) is 36.7 Å². The molecule has 0 radical (unpaired) electrons. The van der Waals surface area contributed by atoms with Gasteiger partial charge in [0.15, 0.2) is 0 Å². The van der Waals surface area contributed by atoms with Crippen molar-refractivity contribution < 1.29 is 36.6 Å². The Balaban J connectivity index is 1.52. The van der Waals surface area contributed by atoms with Crippen LogP contribution in [0.3, 0.4) is 0 Å². The van der Waals surface area contributed by atoms with E-state index in [2.05, 4.69) is 25.2 Å². The molecule has 8 nitrogen and oxygen atoms in total. The second-order valence-electron chi connectivity index (χ2n) is 7.55. The normalized spacial score (nSPS) is 16.5. The molecule has 1 aliphatic rings. The molecule has 1 amide bonds. The van der Waals surface area contributed by atoms with Gasteiger partial charge in [-0.1, -0.05) is 0 Å². The van der Waals surface area contributed by atoms with Crippen molar-refractivity contribution in [1.82, 2.24) is 15.2 Å². The number of nitrogens with zero attached hydrogens (tertiary/aromatic N) is 3. The lowest BCUT2D eigenvalue weighted by Crippen LogP contribution is -2.41. The molecular formula is C21H18F5N5O3. The molecule has 3 aromatic rings. The highest BCUT2D eigenvalue weighted by Crippen LogP contribution is 2.37. The van der Waals surface area contributed by atoms with E-state index in [9.17, 15) is 31.9 Å². The Morgan fingerprint density at radius 3 is 2.50 bits per heavy atom. The molecule has 1 atom stereocenters. The SMILES string of the molecule is O=C(Nc1ccc(OC(F)(F)C(F)(F)F)cc1)c1cnc(N2CCC(O)C2)c(-c2ccn[nH]2)c1. The third-order valence-corrected chi connectivity index (χ3v) is 5.07. The van der Waals surface area contributed by atoms with Crippen LogP contribution in [0.4, 0.5) is 33.5 Å². The van der Waals surface area contributed by atoms with Gasteiger partial charge in [-0.15, -0.1) is 0 Å². The molecule has 2 aromatic heterocycles. The molecule has 0 spiro atoms. The second-order valence-corrected chi connectivity index (χ2v) is 7.55. The van der Waals surface area contributed by atoms with E-state index >= 15 is 0 Å². The maximum absolute atomic E-state index is 13.0. The zero-order chi connectivity index (χ0) is 24.5. The number of ether oxygens (including phenoxy) is 1. The Morgan fingerprint density at radius 1 is 1.18 bits per heavy atom. The van der Waals surface area contributed by atoms with Crippen molar-refractivity contribution in [1.29, 1.82) is 0 Å². The summed E-state index contributed by atoms with van der Waals surface area (Å²) in [5.74, 6) is -0.749. The van der Waals surface area contributed by atoms with Gasteiger partial charge < -0.3 is 20.1 Å². The molecule has 0 aliphatic carbocycles. The predicted molar refractivity (Wildman–Crippen MR) is 111 cm³/mol. The van der Waals surface area contributed by atoms with Gasteiger partial charge >= 0.3 is 12.3 Å². The maximum atomic E-state index is 13.0. The van der Waals surface area contributed by atoms with E-state index in [-0.39, 0.29) is 11.3 Å². The number of nitrogens with one attached hydrogen (secondary N) is 2. The Hall–Kier alpha value is -3.74. The number of carbonyl (C=O) groups excluding carboxylic acids is 1. The number of anilines is 2. The van der Waals surface area contributed by atoms with Crippen molar-refractivity contribution in [2.24, 2.45) is 0 Å². The number of rotatable bonds is 6. The van der Waals surface area contributed by atoms with Crippen LogP contribution in [0.15, 0.2) is 48.8 Å². The first-order chi connectivity index (χ1) is 16.0. The fourth-order valence-corrected chi connectivity index (χ4v) is 3.39. The minimum absolute atomic E-state index is 0.141. The van der Waals surface area contributed by atoms with E-state index in [0.717, 1.165) is 24.3 Å². The number of H-pyrrole nitrogens is 1. The number of aliphatic hydroxyl groups is 1. The zero-order valence-electron chi connectivity index (χ0n) is 17.3. The van der Waals surface area contributed by atoms with Crippen LogP contribution in [0, 0.1) is 0 Å². The number of hydrogen-bond donors (Lipinski definition) is 3. The standard InChI is InChI=1S/C21H18F5N5O3/c22-20(23,24)21(25,26)34-15-3-1-13(2-4-15)29-19(33)12-9-16(17-5-7-28-30-17)18(27-10-12)31-8-6-14(32)11-31/h1-5,7,9-10,14,32H,6,8,11H2,(H,28,30)(H,29,33). The Bertz CT molecular complexity index is 1150. The van der Waals surface area contributed by atoms with Crippen LogP contribution >= 0.6 is 0 Å². The van der Waals surface area contributed by atoms with Crippen LogP contribution in [-0.4, -0.2) is 57.7 Å². The average molecular weight is 483 g/mol. The number of carbonyl (C=O) groups is 1. The van der Waals surface area contributed by atoms with Gasteiger partial charge in [-0.05, 0) is 42.8 Å². The quantitative estimate of drug-likeness (QED) is 0.461. The number of aromatic amines is 1. The minimum atomic E-state index is -5.86. The van der Waals surface area contributed by atoms with Crippen LogP contribution in [0.1, 0.15) is 16.8 Å². The first kappa shape index (κ1) is 23.4. The first-order valence-electron chi connectivity index (χ1n) is 10.0. The smallest absolute Gasteiger partial charge is 0.426 e. The van der Waals surface area contributed by atoms with Gasteiger partial charge in [-0.3, -0.25) is 9.89 Å². The average Bonchev–Trinajstić information content (AvgIpc) is 3.46. The number of benzene rings is 1. The summed E-state index contributed by atoms with van der Waals surface area (Å²) in [7, 11) is 0. The van der Waals surface area contributed by atoms with Crippen LogP contribution in [0.2, 0.25) is 0 Å². The molecule has 13 heteroatoms. The highest BCUT2D eigenvalue weighted by Gasteiger charge is 2.61. The second kappa shape index (κ2) is 8.89. The number of pyridine rings is 1. The highest BCUT2D eigenvalue weighted by atomic mass is 19.4. The lowest BCUT2D eigenvalue weighted by atomic mass is 10.1. The number of hydrogen-bond acceptors (Lipinski definition) is 6. The molecule has 0 saturated carbocycles. The number of alkyl halides is 5. The Kier molecular flexibility index (Phi) is 6.13. The number of aromatic nitrogens is 3. The van der Waals surface area contributed by atoms with E-state index in [1.807, 2.05) is 4.90 Å². The number of β-amino-alcohol motifs (C(OH)–C–C–N with tert-alkyl or cyclic N) is 1. The van der Waals surface area contributed by atoms with Gasteiger partial charge in [-0.2, -0.15) is 27.1 Å². The molecule has 180 valence electrons. The van der Waals surface area contributed by atoms with Crippen molar-refractivity contribution >= 4 is 17.4 Å². The fraction of sp³-hybridized carbons (Fsp3) is 0.286. The van der Waals surface area contributed by atoms with Gasteiger partial charge in [0.25, 0.3) is 5.91 Å². The molecule has 1 aliphatic heterocycles. The van der Waals surface area contributed by atoms with Crippen molar-refractivity contribution in [3.63, 3.8) is 0 Å². The summed E-state index contributed by atoms with van der Waals surface area (Å²) in [4.78, 5) is 19.0. The minimum Gasteiger partial charge on any atom is -0.426 e. The van der Waals surface area contributed by atoms with Crippen LogP contribution in [0.5, 0.6) is 5.75 Å². The number of aliphatic hydroxyl groups excluding tert-OH is 1. The lowest BCUT2D eigenvalue weighted by Gasteiger charge is -2.20. The molecule has 1 unspecified atom stereocenters. The predicted octanol–water partition coefficient (Wildman–Crippen LogP) is 3.83. The zero-order valence-corrected chi connectivity index (χ0v) is 17.3. The maximum Gasteiger partial charge on any atom is 0.499 e. The molecule has 1 saturated heterocycles. The summed E-state index contributed by atoms with van der Waals surface area (Å²) in [6.45, 7) is 0.976. The fourth-order valence-electron chi connectivity index (χ4n) is 3.39. The molecule has 4 rings (SSSR count). The third-order valence-electron chi connectivity index (χ3n) is 5.07. The van der Waals surface area contributed by atoms with Crippen LogP contribution in [-0.2, 0) is 0 Å². The molecule has 3 heterocycles. The summed E-state index contributed by atoms with van der Waals surface area (Å²) in [6.07, 6.45) is -8.23. The van der Waals surface area contributed by atoms with Crippen molar-refractivity contribution in [2.75, 3.05) is 23.3 Å². The molecule has 34 heavy (non-hydrogen) atoms. The molecular weight excluding hydrogens is 465 g/mol. The van der Waals surface area contributed by atoms with Crippen LogP contribution in [0.25, 0.3) is 11.3 Å². The van der Waals surface area contributed by atoms with Gasteiger partial charge in [0.05, 0.1) is 17.4 Å². The van der Waals surface area contributed by atoms with E-state index in [4.69, 9.17) is 0 Å². The van der Waals surface area contributed by atoms with Crippen molar-refractivity contribution in [3.05, 3.63) is 54.4 Å². The van der Waals surface area contributed by atoms with E-state index in [1.54, 1.807) is 12.1 Å². The summed E-state index contributed by atoms with van der Waals surface area (Å²) in [6, 6.07) is 7.30. The molecule has 1 aromatic carbocycles. The van der Waals surface area contributed by atoms with Gasteiger partial charge in [0.2, 0.25) is 0 Å².